The summed E-state index contributed by atoms with van der Waals surface area (Å²) >= 11 is 0. The zero-order chi connectivity index (χ0) is 10.3. The average molecular weight is 201 g/mol. The fraction of sp³-hybridized carbons (Fsp3) is 0.182. The lowest BCUT2D eigenvalue weighted by Gasteiger charge is -2.09. The van der Waals surface area contributed by atoms with Crippen LogP contribution >= 0.6 is 0 Å². The van der Waals surface area contributed by atoms with Gasteiger partial charge in [-0.15, -0.1) is 0 Å². The number of benzene rings is 1. The van der Waals surface area contributed by atoms with Crippen LogP contribution in [0.1, 0.15) is 11.6 Å². The molecule has 0 spiro atoms. The zero-order valence-corrected chi connectivity index (χ0v) is 8.08. The van der Waals surface area contributed by atoms with Crippen LogP contribution in [0.5, 0.6) is 0 Å². The highest BCUT2D eigenvalue weighted by Crippen LogP contribution is 2.24. The summed E-state index contributed by atoms with van der Waals surface area (Å²) in [6, 6.07) is 8.11. The minimum absolute atomic E-state index is 0.0806. The molecule has 1 saturated heterocycles. The van der Waals surface area contributed by atoms with Crippen LogP contribution in [0.2, 0.25) is 0 Å². The van der Waals surface area contributed by atoms with Gasteiger partial charge < -0.3 is 15.6 Å². The maximum atomic E-state index is 11.1. The molecule has 1 aromatic heterocycles. The Morgan fingerprint density at radius 2 is 2.20 bits per heavy atom. The Labute approximate surface area is 86.7 Å². The molecule has 1 atom stereocenters. The van der Waals surface area contributed by atoms with E-state index in [1.165, 1.54) is 5.39 Å². The molecule has 0 saturated carbocycles. The van der Waals surface area contributed by atoms with Crippen molar-refractivity contribution in [1.29, 1.82) is 0 Å². The van der Waals surface area contributed by atoms with Gasteiger partial charge >= 0.3 is 6.03 Å². The van der Waals surface area contributed by atoms with Crippen molar-refractivity contribution in [3.05, 3.63) is 36.0 Å². The van der Waals surface area contributed by atoms with Gasteiger partial charge in [0.2, 0.25) is 0 Å². The number of hydrogen-bond donors (Lipinski definition) is 3. The summed E-state index contributed by atoms with van der Waals surface area (Å²) in [5.74, 6) is 0. The van der Waals surface area contributed by atoms with Crippen molar-refractivity contribution < 1.29 is 4.79 Å². The minimum Gasteiger partial charge on any atom is -0.361 e. The molecular weight excluding hydrogens is 190 g/mol. The maximum Gasteiger partial charge on any atom is 0.315 e. The van der Waals surface area contributed by atoms with Crippen LogP contribution in [0.15, 0.2) is 30.5 Å². The van der Waals surface area contributed by atoms with Crippen molar-refractivity contribution >= 4 is 16.9 Å². The topological polar surface area (TPSA) is 56.9 Å². The smallest absolute Gasteiger partial charge is 0.315 e. The van der Waals surface area contributed by atoms with Crippen LogP contribution in [0.4, 0.5) is 4.79 Å². The largest absolute Gasteiger partial charge is 0.361 e. The number of amides is 2. The Bertz CT molecular complexity index is 517. The lowest BCUT2D eigenvalue weighted by atomic mass is 10.0. The van der Waals surface area contributed by atoms with E-state index in [-0.39, 0.29) is 12.1 Å². The lowest BCUT2D eigenvalue weighted by Crippen LogP contribution is -2.21. The number of carbonyl (C=O) groups excluding carboxylic acids is 1. The maximum absolute atomic E-state index is 11.1. The van der Waals surface area contributed by atoms with E-state index < -0.39 is 0 Å². The number of nitrogens with one attached hydrogen (secondary N) is 3. The van der Waals surface area contributed by atoms with Gasteiger partial charge in [-0.05, 0) is 17.7 Å². The Kier molecular flexibility index (Phi) is 1.68. The fourth-order valence-corrected chi connectivity index (χ4v) is 2.06. The molecule has 1 aliphatic rings. The molecule has 2 amide bonds. The standard InChI is InChI=1S/C11H11N3O/c15-11-13-6-10(14-11)7-2-1-3-9-8(7)4-5-12-9/h1-5,10,12H,6H2,(H2,13,14,15)/t10-/m1/s1. The highest BCUT2D eigenvalue weighted by Gasteiger charge is 2.22. The van der Waals surface area contributed by atoms with Gasteiger partial charge in [-0.3, -0.25) is 0 Å². The number of aromatic amines is 1. The monoisotopic (exact) mass is 201 g/mol. The first kappa shape index (κ1) is 8.35. The molecule has 3 rings (SSSR count). The summed E-state index contributed by atoms with van der Waals surface area (Å²) in [6.07, 6.45) is 1.92. The third-order valence-electron chi connectivity index (χ3n) is 2.78. The van der Waals surface area contributed by atoms with Gasteiger partial charge in [-0.25, -0.2) is 4.79 Å². The third-order valence-corrected chi connectivity index (χ3v) is 2.78. The first-order valence-electron chi connectivity index (χ1n) is 4.95. The van der Waals surface area contributed by atoms with Gasteiger partial charge in [0, 0.05) is 23.6 Å². The number of H-pyrrole nitrogens is 1. The van der Waals surface area contributed by atoms with Crippen molar-refractivity contribution in [3.63, 3.8) is 0 Å². The first-order chi connectivity index (χ1) is 7.34. The Hall–Kier alpha value is -1.97. The summed E-state index contributed by atoms with van der Waals surface area (Å²) in [6.45, 7) is 0.656. The van der Waals surface area contributed by atoms with Crippen LogP contribution in [0, 0.1) is 0 Å². The zero-order valence-electron chi connectivity index (χ0n) is 8.08. The van der Waals surface area contributed by atoms with Gasteiger partial charge in [0.05, 0.1) is 6.04 Å². The molecule has 1 aliphatic heterocycles. The van der Waals surface area contributed by atoms with Crippen molar-refractivity contribution in [2.75, 3.05) is 6.54 Å². The van der Waals surface area contributed by atoms with E-state index in [0.717, 1.165) is 11.1 Å². The number of fused-ring (bicyclic) bond motifs is 1. The van der Waals surface area contributed by atoms with Crippen molar-refractivity contribution in [2.24, 2.45) is 0 Å². The van der Waals surface area contributed by atoms with Gasteiger partial charge in [-0.1, -0.05) is 12.1 Å². The second kappa shape index (κ2) is 3.02. The molecule has 0 bridgehead atoms. The molecule has 1 fully saturated rings. The molecule has 2 heterocycles. The van der Waals surface area contributed by atoms with Crippen molar-refractivity contribution in [3.8, 4) is 0 Å². The summed E-state index contributed by atoms with van der Waals surface area (Å²) in [4.78, 5) is 14.2. The van der Waals surface area contributed by atoms with Gasteiger partial charge in [-0.2, -0.15) is 0 Å². The second-order valence-electron chi connectivity index (χ2n) is 3.69. The first-order valence-corrected chi connectivity index (χ1v) is 4.95. The van der Waals surface area contributed by atoms with Crippen molar-refractivity contribution in [1.82, 2.24) is 15.6 Å². The predicted octanol–water partition coefficient (Wildman–Crippen LogP) is 1.52. The normalized spacial score (nSPS) is 20.3. The van der Waals surface area contributed by atoms with Crippen LogP contribution in [0.25, 0.3) is 10.9 Å². The average Bonchev–Trinajstić information content (AvgIpc) is 2.84. The van der Waals surface area contributed by atoms with E-state index in [1.807, 2.05) is 30.5 Å². The van der Waals surface area contributed by atoms with E-state index in [4.69, 9.17) is 0 Å². The molecule has 3 N–H and O–H groups in total. The quantitative estimate of drug-likeness (QED) is 0.643. The molecule has 2 aromatic rings. The van der Waals surface area contributed by atoms with Crippen LogP contribution in [-0.4, -0.2) is 17.6 Å². The third kappa shape index (κ3) is 1.26. The van der Waals surface area contributed by atoms with Crippen LogP contribution in [0.3, 0.4) is 0 Å². The molecule has 76 valence electrons. The summed E-state index contributed by atoms with van der Waals surface area (Å²) in [7, 11) is 0. The Morgan fingerprint density at radius 3 is 3.00 bits per heavy atom. The molecular formula is C11H11N3O. The number of carbonyl (C=O) groups is 1. The SMILES string of the molecule is O=C1NC[C@H](c2cccc3[nH]ccc23)N1. The van der Waals surface area contributed by atoms with Crippen LogP contribution < -0.4 is 10.6 Å². The molecule has 15 heavy (non-hydrogen) atoms. The van der Waals surface area contributed by atoms with Gasteiger partial charge in [0.1, 0.15) is 0 Å². The summed E-state index contributed by atoms with van der Waals surface area (Å²) in [5.41, 5.74) is 2.26. The van der Waals surface area contributed by atoms with E-state index in [0.29, 0.717) is 6.54 Å². The number of aromatic nitrogens is 1. The molecule has 0 aliphatic carbocycles. The number of rotatable bonds is 1. The van der Waals surface area contributed by atoms with E-state index in [1.54, 1.807) is 0 Å². The molecule has 4 heteroatoms. The summed E-state index contributed by atoms with van der Waals surface area (Å²) < 4.78 is 0. The predicted molar refractivity (Wildman–Crippen MR) is 57.6 cm³/mol. The Balaban J connectivity index is 2.10. The Morgan fingerprint density at radius 1 is 1.27 bits per heavy atom. The minimum atomic E-state index is -0.0902. The van der Waals surface area contributed by atoms with E-state index >= 15 is 0 Å². The highest BCUT2D eigenvalue weighted by molar-refractivity contribution is 5.85. The highest BCUT2D eigenvalue weighted by atomic mass is 16.2. The lowest BCUT2D eigenvalue weighted by molar-refractivity contribution is 0.247. The second-order valence-corrected chi connectivity index (χ2v) is 3.69. The number of hydrogen-bond acceptors (Lipinski definition) is 1. The molecule has 4 nitrogen and oxygen atoms in total. The molecule has 0 radical (unpaired) electrons. The molecule has 1 aromatic carbocycles. The summed E-state index contributed by atoms with van der Waals surface area (Å²) in [5, 5.41) is 6.83. The van der Waals surface area contributed by atoms with Crippen molar-refractivity contribution in [2.45, 2.75) is 6.04 Å². The molecule has 0 unspecified atom stereocenters. The number of urea groups is 1. The fourth-order valence-electron chi connectivity index (χ4n) is 2.06. The van der Waals surface area contributed by atoms with Gasteiger partial charge in [0.15, 0.2) is 0 Å². The van der Waals surface area contributed by atoms with E-state index in [9.17, 15) is 4.79 Å². The van der Waals surface area contributed by atoms with Gasteiger partial charge in [0.25, 0.3) is 0 Å². The van der Waals surface area contributed by atoms with E-state index in [2.05, 4.69) is 15.6 Å². The van der Waals surface area contributed by atoms with Crippen LogP contribution in [-0.2, 0) is 0 Å².